The first-order chi connectivity index (χ1) is 6.38. The summed E-state index contributed by atoms with van der Waals surface area (Å²) in [6, 6.07) is 10.3. The fourth-order valence-electron chi connectivity index (χ4n) is 0.995. The molecule has 1 heteroatoms. The van der Waals surface area contributed by atoms with E-state index in [4.69, 9.17) is 0 Å². The lowest BCUT2D eigenvalue weighted by Gasteiger charge is -1.83. The molecule has 2 aromatic rings. The topological polar surface area (TPSA) is 15.8 Å². The van der Waals surface area contributed by atoms with Crippen molar-refractivity contribution in [3.05, 3.63) is 48.7 Å². The van der Waals surface area contributed by atoms with Crippen LogP contribution in [-0.2, 0) is 0 Å². The fraction of sp³-hybridized carbons (Fsp3) is 0.167. The van der Waals surface area contributed by atoms with Crippen LogP contribution in [0.2, 0.25) is 0 Å². The molecule has 1 aromatic carbocycles. The van der Waals surface area contributed by atoms with Gasteiger partial charge in [-0.15, -0.1) is 0 Å². The Hall–Kier alpha value is -1.50. The number of H-pyrrole nitrogens is 1. The summed E-state index contributed by atoms with van der Waals surface area (Å²) in [5.74, 6) is 0. The van der Waals surface area contributed by atoms with Crippen LogP contribution in [0.25, 0.3) is 10.9 Å². The first kappa shape index (κ1) is 9.59. The number of hydrogen-bond acceptors (Lipinski definition) is 0. The fourth-order valence-corrected chi connectivity index (χ4v) is 0.995. The minimum atomic E-state index is 1.21. The summed E-state index contributed by atoms with van der Waals surface area (Å²) in [4.78, 5) is 3.12. The second-order valence-corrected chi connectivity index (χ2v) is 2.73. The highest BCUT2D eigenvalue weighted by Crippen LogP contribution is 2.09. The molecule has 0 fully saturated rings. The van der Waals surface area contributed by atoms with E-state index in [-0.39, 0.29) is 0 Å². The number of aromatic amines is 1. The zero-order valence-electron chi connectivity index (χ0n) is 8.12. The molecule has 2 rings (SSSR count). The van der Waals surface area contributed by atoms with Crippen molar-refractivity contribution in [2.24, 2.45) is 0 Å². The Kier molecular flexibility index (Phi) is 3.83. The average molecular weight is 173 g/mol. The van der Waals surface area contributed by atoms with Gasteiger partial charge in [-0.25, -0.2) is 0 Å². The number of aromatic nitrogens is 1. The molecular weight excluding hydrogens is 158 g/mol. The summed E-state index contributed by atoms with van der Waals surface area (Å²) in [6.45, 7) is 4.00. The predicted octanol–water partition coefficient (Wildman–Crippen LogP) is 3.75. The summed E-state index contributed by atoms with van der Waals surface area (Å²) in [7, 11) is 0. The lowest BCUT2D eigenvalue weighted by atomic mass is 10.3. The third kappa shape index (κ3) is 2.79. The second-order valence-electron chi connectivity index (χ2n) is 2.73. The second kappa shape index (κ2) is 5.20. The molecule has 1 heterocycles. The maximum absolute atomic E-state index is 3.12. The number of rotatable bonds is 0. The highest BCUT2D eigenvalue weighted by atomic mass is 14.6. The molecule has 0 saturated heterocycles. The monoisotopic (exact) mass is 173 g/mol. The number of hydrogen-bond donors (Lipinski definition) is 1. The van der Waals surface area contributed by atoms with Crippen LogP contribution in [-0.4, -0.2) is 4.98 Å². The number of fused-ring (bicyclic) bond motifs is 1. The van der Waals surface area contributed by atoms with Gasteiger partial charge < -0.3 is 4.98 Å². The number of benzene rings is 1. The van der Waals surface area contributed by atoms with Gasteiger partial charge in [0.15, 0.2) is 0 Å². The van der Waals surface area contributed by atoms with E-state index in [1.807, 2.05) is 44.3 Å². The van der Waals surface area contributed by atoms with Crippen molar-refractivity contribution in [2.75, 3.05) is 0 Å². The smallest absolute Gasteiger partial charge is 0.0453 e. The lowest BCUT2D eigenvalue weighted by molar-refractivity contribution is 1.48. The van der Waals surface area contributed by atoms with E-state index >= 15 is 0 Å². The van der Waals surface area contributed by atoms with Gasteiger partial charge in [-0.05, 0) is 31.4 Å². The third-order valence-electron chi connectivity index (χ3n) is 1.80. The SMILES string of the molecule is CC=CC.c1ccc2[nH]ccc2c1. The normalized spacial score (nSPS) is 10.0. The Labute approximate surface area is 79.1 Å². The molecule has 0 aliphatic heterocycles. The van der Waals surface area contributed by atoms with Crippen LogP contribution >= 0.6 is 0 Å². The first-order valence-electron chi connectivity index (χ1n) is 4.48. The van der Waals surface area contributed by atoms with Crippen molar-refractivity contribution in [1.29, 1.82) is 0 Å². The van der Waals surface area contributed by atoms with Gasteiger partial charge in [-0.1, -0.05) is 30.4 Å². The molecule has 0 unspecified atom stereocenters. The predicted molar refractivity (Wildman–Crippen MR) is 58.8 cm³/mol. The van der Waals surface area contributed by atoms with E-state index in [1.165, 1.54) is 10.9 Å². The largest absolute Gasteiger partial charge is 0.361 e. The molecule has 0 bridgehead atoms. The molecule has 0 aliphatic carbocycles. The van der Waals surface area contributed by atoms with Crippen LogP contribution in [0, 0.1) is 0 Å². The van der Waals surface area contributed by atoms with E-state index < -0.39 is 0 Å². The highest BCUT2D eigenvalue weighted by molar-refractivity contribution is 5.78. The van der Waals surface area contributed by atoms with Gasteiger partial charge in [0.1, 0.15) is 0 Å². The van der Waals surface area contributed by atoms with Crippen LogP contribution in [0.15, 0.2) is 48.7 Å². The minimum absolute atomic E-state index is 1.21. The minimum Gasteiger partial charge on any atom is -0.361 e. The Morgan fingerprint density at radius 1 is 1.00 bits per heavy atom. The Morgan fingerprint density at radius 3 is 2.31 bits per heavy atom. The Bertz CT molecular complexity index is 337. The first-order valence-corrected chi connectivity index (χ1v) is 4.48. The van der Waals surface area contributed by atoms with Crippen molar-refractivity contribution >= 4 is 10.9 Å². The molecule has 1 N–H and O–H groups in total. The van der Waals surface area contributed by atoms with Crippen molar-refractivity contribution in [3.8, 4) is 0 Å². The standard InChI is InChI=1S/C8H7N.C4H8/c1-2-4-8-7(3-1)5-6-9-8;1-3-4-2/h1-6,9H;3-4H,1-2H3. The molecule has 1 aromatic heterocycles. The van der Waals surface area contributed by atoms with Crippen LogP contribution in [0.4, 0.5) is 0 Å². The van der Waals surface area contributed by atoms with E-state index in [1.54, 1.807) is 0 Å². The van der Waals surface area contributed by atoms with Crippen LogP contribution < -0.4 is 0 Å². The Balaban J connectivity index is 0.000000184. The van der Waals surface area contributed by atoms with Crippen molar-refractivity contribution in [3.63, 3.8) is 0 Å². The molecule has 0 spiro atoms. The maximum atomic E-state index is 3.12. The van der Waals surface area contributed by atoms with Gasteiger partial charge in [0, 0.05) is 11.7 Å². The third-order valence-corrected chi connectivity index (χ3v) is 1.80. The molecule has 68 valence electrons. The molecule has 0 saturated carbocycles. The van der Waals surface area contributed by atoms with Gasteiger partial charge >= 0.3 is 0 Å². The molecule has 0 aliphatic rings. The molecule has 0 radical (unpaired) electrons. The Morgan fingerprint density at radius 2 is 1.69 bits per heavy atom. The van der Waals surface area contributed by atoms with E-state index in [9.17, 15) is 0 Å². The number of nitrogens with one attached hydrogen (secondary N) is 1. The van der Waals surface area contributed by atoms with Gasteiger partial charge in [-0.2, -0.15) is 0 Å². The van der Waals surface area contributed by atoms with Gasteiger partial charge in [-0.3, -0.25) is 0 Å². The quantitative estimate of drug-likeness (QED) is 0.584. The molecule has 0 atom stereocenters. The van der Waals surface area contributed by atoms with Crippen LogP contribution in [0.3, 0.4) is 0 Å². The van der Waals surface area contributed by atoms with E-state index in [0.29, 0.717) is 0 Å². The van der Waals surface area contributed by atoms with Crippen LogP contribution in [0.1, 0.15) is 13.8 Å². The van der Waals surface area contributed by atoms with E-state index in [2.05, 4.69) is 23.2 Å². The molecular formula is C12H15N. The average Bonchev–Trinajstić information content (AvgIpc) is 2.66. The highest BCUT2D eigenvalue weighted by Gasteiger charge is 1.86. The zero-order valence-corrected chi connectivity index (χ0v) is 8.12. The van der Waals surface area contributed by atoms with Crippen LogP contribution in [0.5, 0.6) is 0 Å². The molecule has 1 nitrogen and oxygen atoms in total. The van der Waals surface area contributed by atoms with Crippen molar-refractivity contribution in [2.45, 2.75) is 13.8 Å². The summed E-state index contributed by atoms with van der Waals surface area (Å²) >= 11 is 0. The molecule has 13 heavy (non-hydrogen) atoms. The number of allylic oxidation sites excluding steroid dienone is 2. The lowest BCUT2D eigenvalue weighted by Crippen LogP contribution is -1.61. The summed E-state index contributed by atoms with van der Waals surface area (Å²) < 4.78 is 0. The summed E-state index contributed by atoms with van der Waals surface area (Å²) in [5.41, 5.74) is 1.21. The van der Waals surface area contributed by atoms with Crippen molar-refractivity contribution in [1.82, 2.24) is 4.98 Å². The summed E-state index contributed by atoms with van der Waals surface area (Å²) in [6.07, 6.45) is 5.95. The zero-order chi connectivity index (χ0) is 9.52. The van der Waals surface area contributed by atoms with Crippen molar-refractivity contribution < 1.29 is 0 Å². The number of para-hydroxylation sites is 1. The van der Waals surface area contributed by atoms with Gasteiger partial charge in [0.2, 0.25) is 0 Å². The molecule has 0 amide bonds. The maximum Gasteiger partial charge on any atom is 0.0453 e. The van der Waals surface area contributed by atoms with Gasteiger partial charge in [0.25, 0.3) is 0 Å². The van der Waals surface area contributed by atoms with E-state index in [0.717, 1.165) is 0 Å². The van der Waals surface area contributed by atoms with Gasteiger partial charge in [0.05, 0.1) is 0 Å². The summed E-state index contributed by atoms with van der Waals surface area (Å²) in [5, 5.41) is 1.28.